The van der Waals surface area contributed by atoms with Crippen LogP contribution >= 0.6 is 0 Å². The zero-order valence-electron chi connectivity index (χ0n) is 16.6. The summed E-state index contributed by atoms with van der Waals surface area (Å²) in [6.07, 6.45) is 0.372. The van der Waals surface area contributed by atoms with E-state index in [2.05, 4.69) is 15.1 Å². The highest BCUT2D eigenvalue weighted by molar-refractivity contribution is 6.01. The highest BCUT2D eigenvalue weighted by Crippen LogP contribution is 2.24. The number of hydrogen-bond acceptors (Lipinski definition) is 6. The average molecular weight is 400 g/mol. The van der Waals surface area contributed by atoms with Crippen molar-refractivity contribution in [3.8, 4) is 0 Å². The molecule has 0 N–H and O–H groups in total. The van der Waals surface area contributed by atoms with Crippen molar-refractivity contribution in [3.63, 3.8) is 0 Å². The summed E-state index contributed by atoms with van der Waals surface area (Å²) in [6, 6.07) is 17.8. The molecule has 0 radical (unpaired) electrons. The number of carbonyl (C=O) groups is 2. The monoisotopic (exact) mass is 400 g/mol. The Kier molecular flexibility index (Phi) is 5.34. The molecule has 0 aliphatic heterocycles. The van der Waals surface area contributed by atoms with Gasteiger partial charge in [-0.3, -0.25) is 9.59 Å². The number of ether oxygens (including phenoxy) is 1. The first-order valence-electron chi connectivity index (χ1n) is 9.54. The largest absolute Gasteiger partial charge is 0.449 e. The molecule has 2 aromatic heterocycles. The normalized spacial score (nSPS) is 11.9. The van der Waals surface area contributed by atoms with Gasteiger partial charge in [0.1, 0.15) is 6.33 Å². The van der Waals surface area contributed by atoms with Crippen LogP contribution in [0.15, 0.2) is 67.0 Å². The van der Waals surface area contributed by atoms with Crippen LogP contribution in [0.3, 0.4) is 0 Å². The summed E-state index contributed by atoms with van der Waals surface area (Å²) in [4.78, 5) is 34.4. The van der Waals surface area contributed by atoms with E-state index in [1.165, 1.54) is 6.33 Å². The molecule has 7 heteroatoms. The van der Waals surface area contributed by atoms with E-state index in [1.807, 2.05) is 38.1 Å². The fourth-order valence-corrected chi connectivity index (χ4v) is 3.38. The molecular weight excluding hydrogens is 380 g/mol. The van der Waals surface area contributed by atoms with Crippen LogP contribution in [0.5, 0.6) is 0 Å². The second-order valence-corrected chi connectivity index (χ2v) is 6.92. The fraction of sp³-hybridized carbons (Fsp3) is 0.174. The quantitative estimate of drug-likeness (QED) is 0.364. The first-order chi connectivity index (χ1) is 14.5. The Balaban J connectivity index is 1.62. The van der Waals surface area contributed by atoms with Crippen LogP contribution in [-0.2, 0) is 16.0 Å². The average Bonchev–Trinajstić information content (AvgIpc) is 3.24. The summed E-state index contributed by atoms with van der Waals surface area (Å²) in [7, 11) is 0. The maximum atomic E-state index is 13.1. The van der Waals surface area contributed by atoms with E-state index in [0.29, 0.717) is 28.2 Å². The molecule has 4 aromatic rings. The topological polar surface area (TPSA) is 86.4 Å². The lowest BCUT2D eigenvalue weighted by molar-refractivity contribution is -0.146. The zero-order valence-corrected chi connectivity index (χ0v) is 16.6. The third kappa shape index (κ3) is 3.82. The Labute approximate surface area is 173 Å². The minimum Gasteiger partial charge on any atom is -0.449 e. The van der Waals surface area contributed by atoms with Crippen molar-refractivity contribution in [2.45, 2.75) is 26.4 Å². The van der Waals surface area contributed by atoms with Gasteiger partial charge >= 0.3 is 5.97 Å². The molecule has 0 unspecified atom stereocenters. The van der Waals surface area contributed by atoms with Crippen LogP contribution in [0.2, 0.25) is 0 Å². The Morgan fingerprint density at radius 3 is 2.37 bits per heavy atom. The second-order valence-electron chi connectivity index (χ2n) is 6.92. The number of fused-ring (bicyclic) bond motifs is 1. The summed E-state index contributed by atoms with van der Waals surface area (Å²) in [5.41, 5.74) is 3.25. The van der Waals surface area contributed by atoms with Gasteiger partial charge < -0.3 is 4.74 Å². The molecule has 0 amide bonds. The number of aromatic nitrogens is 4. The van der Waals surface area contributed by atoms with Crippen LogP contribution < -0.4 is 0 Å². The van der Waals surface area contributed by atoms with Crippen molar-refractivity contribution in [3.05, 3.63) is 95.1 Å². The summed E-state index contributed by atoms with van der Waals surface area (Å²) >= 11 is 0. The number of carbonyl (C=O) groups excluding carboxylic acids is 2. The molecular formula is C23H20N4O3. The number of ketones is 1. The Bertz CT molecular complexity index is 1200. The van der Waals surface area contributed by atoms with Gasteiger partial charge in [-0.05, 0) is 13.8 Å². The van der Waals surface area contributed by atoms with E-state index in [-0.39, 0.29) is 12.2 Å². The van der Waals surface area contributed by atoms with E-state index in [0.717, 1.165) is 5.69 Å². The van der Waals surface area contributed by atoms with Crippen LogP contribution in [0.25, 0.3) is 5.78 Å². The molecule has 0 saturated carbocycles. The van der Waals surface area contributed by atoms with Crippen LogP contribution in [0.4, 0.5) is 0 Å². The van der Waals surface area contributed by atoms with Crippen molar-refractivity contribution < 1.29 is 14.3 Å². The van der Waals surface area contributed by atoms with Crippen molar-refractivity contribution in [2.75, 3.05) is 0 Å². The maximum absolute atomic E-state index is 13.1. The van der Waals surface area contributed by atoms with E-state index in [4.69, 9.17) is 4.74 Å². The van der Waals surface area contributed by atoms with Gasteiger partial charge in [0.05, 0.1) is 6.42 Å². The highest BCUT2D eigenvalue weighted by Gasteiger charge is 2.27. The van der Waals surface area contributed by atoms with E-state index in [9.17, 15) is 9.59 Å². The number of nitrogens with zero attached hydrogens (tertiary/aromatic N) is 4. The predicted molar refractivity (Wildman–Crippen MR) is 110 cm³/mol. The van der Waals surface area contributed by atoms with Crippen molar-refractivity contribution in [1.29, 1.82) is 0 Å². The SMILES string of the molecule is Cc1nc2ncnn2c(C)c1CC(=O)O[C@@H](C(=O)c1ccccc1)c1ccccc1. The van der Waals surface area contributed by atoms with Crippen molar-refractivity contribution in [2.24, 2.45) is 0 Å². The van der Waals surface area contributed by atoms with E-state index in [1.54, 1.807) is 40.9 Å². The first-order valence-corrected chi connectivity index (χ1v) is 9.54. The summed E-state index contributed by atoms with van der Waals surface area (Å²) < 4.78 is 7.28. The first kappa shape index (κ1) is 19.4. The van der Waals surface area contributed by atoms with Crippen molar-refractivity contribution in [1.82, 2.24) is 19.6 Å². The molecule has 7 nitrogen and oxygen atoms in total. The molecule has 1 atom stereocenters. The number of esters is 1. The van der Waals surface area contributed by atoms with Gasteiger partial charge in [-0.15, -0.1) is 0 Å². The van der Waals surface area contributed by atoms with Crippen molar-refractivity contribution >= 4 is 17.5 Å². The maximum Gasteiger partial charge on any atom is 0.311 e. The Hall–Kier alpha value is -3.87. The molecule has 0 saturated heterocycles. The molecule has 0 bridgehead atoms. The number of hydrogen-bond donors (Lipinski definition) is 0. The molecule has 2 aromatic carbocycles. The Morgan fingerprint density at radius 2 is 1.67 bits per heavy atom. The van der Waals surface area contributed by atoms with Crippen LogP contribution in [-0.4, -0.2) is 31.3 Å². The third-order valence-electron chi connectivity index (χ3n) is 4.96. The highest BCUT2D eigenvalue weighted by atomic mass is 16.5. The number of aryl methyl sites for hydroxylation is 2. The fourth-order valence-electron chi connectivity index (χ4n) is 3.38. The molecule has 2 heterocycles. The van der Waals surface area contributed by atoms with Gasteiger partial charge in [-0.1, -0.05) is 60.7 Å². The second kappa shape index (κ2) is 8.24. The minimum atomic E-state index is -1.02. The molecule has 150 valence electrons. The van der Waals surface area contributed by atoms with Gasteiger partial charge in [-0.2, -0.15) is 10.1 Å². The minimum absolute atomic E-state index is 0.0220. The molecule has 0 spiro atoms. The van der Waals surface area contributed by atoms with E-state index < -0.39 is 12.1 Å². The zero-order chi connectivity index (χ0) is 21.1. The van der Waals surface area contributed by atoms with Crippen LogP contribution in [0, 0.1) is 13.8 Å². The van der Waals surface area contributed by atoms with E-state index >= 15 is 0 Å². The van der Waals surface area contributed by atoms with Gasteiger partial charge in [-0.25, -0.2) is 9.50 Å². The van der Waals surface area contributed by atoms with Gasteiger partial charge in [0.15, 0.2) is 6.10 Å². The number of benzene rings is 2. The van der Waals surface area contributed by atoms with Gasteiger partial charge in [0.2, 0.25) is 5.78 Å². The predicted octanol–water partition coefficient (Wildman–Crippen LogP) is 3.45. The number of rotatable bonds is 6. The molecule has 30 heavy (non-hydrogen) atoms. The third-order valence-corrected chi connectivity index (χ3v) is 4.96. The molecule has 0 fully saturated rings. The number of Topliss-reactive ketones (excluding diaryl/α,β-unsaturated/α-hetero) is 1. The molecule has 0 aliphatic carbocycles. The summed E-state index contributed by atoms with van der Waals surface area (Å²) in [5, 5.41) is 4.14. The summed E-state index contributed by atoms with van der Waals surface area (Å²) in [5.74, 6) is -0.308. The lowest BCUT2D eigenvalue weighted by atomic mass is 9.99. The van der Waals surface area contributed by atoms with Crippen LogP contribution in [0.1, 0.15) is 39.0 Å². The lowest BCUT2D eigenvalue weighted by Crippen LogP contribution is -2.22. The molecule has 0 aliphatic rings. The van der Waals surface area contributed by atoms with Gasteiger partial charge in [0.25, 0.3) is 5.78 Å². The lowest BCUT2D eigenvalue weighted by Gasteiger charge is -2.18. The smallest absolute Gasteiger partial charge is 0.311 e. The molecule has 4 rings (SSSR count). The Morgan fingerprint density at radius 1 is 1.00 bits per heavy atom. The summed E-state index contributed by atoms with van der Waals surface area (Å²) in [6.45, 7) is 3.66. The van der Waals surface area contributed by atoms with Gasteiger partial charge in [0, 0.05) is 28.1 Å². The standard InChI is InChI=1S/C23H20N4O3/c1-15-19(16(2)27-23(26-15)24-14-25-27)13-20(28)30-22(18-11-7-4-8-12-18)21(29)17-9-5-3-6-10-17/h3-12,14,22H,13H2,1-2H3/t22-/m1/s1.